The first-order chi connectivity index (χ1) is 7.69. The first-order valence-corrected chi connectivity index (χ1v) is 5.38. The van der Waals surface area contributed by atoms with Crippen LogP contribution in [0.1, 0.15) is 25.5 Å². The molecule has 0 spiro atoms. The Bertz CT molecular complexity index is 331. The molecule has 0 heterocycles. The molecule has 0 aliphatic carbocycles. The largest absolute Gasteiger partial charge is 0.375 e. The number of hydrazine groups is 1. The molecule has 1 rings (SSSR count). The quantitative estimate of drug-likeness (QED) is 0.454. The molecular formula is C13H20N2O. The molecule has 3 N–H and O–H groups in total. The molecule has 1 aromatic carbocycles. The molecule has 0 fully saturated rings. The van der Waals surface area contributed by atoms with Gasteiger partial charge in [-0.3, -0.25) is 11.3 Å². The maximum Gasteiger partial charge on any atom is 0.102 e. The summed E-state index contributed by atoms with van der Waals surface area (Å²) in [5.74, 6) is 5.56. The maximum absolute atomic E-state index is 5.56. The van der Waals surface area contributed by atoms with Crippen molar-refractivity contribution in [3.8, 4) is 0 Å². The van der Waals surface area contributed by atoms with Crippen LogP contribution in [-0.4, -0.2) is 13.2 Å². The molecule has 0 bridgehead atoms. The van der Waals surface area contributed by atoms with E-state index in [1.165, 1.54) is 5.57 Å². The third kappa shape index (κ3) is 3.45. The Hall–Kier alpha value is -1.16. The van der Waals surface area contributed by atoms with E-state index in [2.05, 4.69) is 11.5 Å². The SMILES string of the molecule is COC(c1ccccc1)C(C=C(C)C)NN. The lowest BCUT2D eigenvalue weighted by Crippen LogP contribution is -2.39. The molecule has 0 aliphatic heterocycles. The van der Waals surface area contributed by atoms with Gasteiger partial charge in [-0.2, -0.15) is 0 Å². The lowest BCUT2D eigenvalue weighted by molar-refractivity contribution is 0.0818. The third-order valence-electron chi connectivity index (χ3n) is 2.41. The highest BCUT2D eigenvalue weighted by Gasteiger charge is 2.19. The fourth-order valence-electron chi connectivity index (χ4n) is 1.71. The number of ether oxygens (including phenoxy) is 1. The van der Waals surface area contributed by atoms with Crippen LogP contribution in [0.15, 0.2) is 42.0 Å². The predicted octanol–water partition coefficient (Wildman–Crippen LogP) is 2.17. The molecule has 3 heteroatoms. The van der Waals surface area contributed by atoms with Gasteiger partial charge in [0.15, 0.2) is 0 Å². The molecule has 0 aliphatic rings. The van der Waals surface area contributed by atoms with Gasteiger partial charge >= 0.3 is 0 Å². The van der Waals surface area contributed by atoms with Gasteiger partial charge in [0.2, 0.25) is 0 Å². The van der Waals surface area contributed by atoms with Crippen molar-refractivity contribution in [2.75, 3.05) is 7.11 Å². The molecule has 2 atom stereocenters. The predicted molar refractivity (Wildman–Crippen MR) is 66.7 cm³/mol. The number of rotatable bonds is 5. The number of benzene rings is 1. The zero-order valence-corrected chi connectivity index (χ0v) is 10.1. The lowest BCUT2D eigenvalue weighted by atomic mass is 10.0. The molecule has 0 amide bonds. The molecule has 0 saturated carbocycles. The van der Waals surface area contributed by atoms with Crippen molar-refractivity contribution in [1.29, 1.82) is 0 Å². The van der Waals surface area contributed by atoms with Gasteiger partial charge in [0.25, 0.3) is 0 Å². The van der Waals surface area contributed by atoms with Crippen LogP contribution in [-0.2, 0) is 4.74 Å². The van der Waals surface area contributed by atoms with Crippen LogP contribution < -0.4 is 11.3 Å². The fraction of sp³-hybridized carbons (Fsp3) is 0.385. The van der Waals surface area contributed by atoms with Crippen LogP contribution in [0.25, 0.3) is 0 Å². The highest BCUT2D eigenvalue weighted by atomic mass is 16.5. The van der Waals surface area contributed by atoms with Crippen LogP contribution in [0.3, 0.4) is 0 Å². The summed E-state index contributed by atoms with van der Waals surface area (Å²) in [7, 11) is 1.70. The minimum atomic E-state index is -0.0684. The van der Waals surface area contributed by atoms with Crippen molar-refractivity contribution in [1.82, 2.24) is 5.43 Å². The van der Waals surface area contributed by atoms with E-state index < -0.39 is 0 Å². The Balaban J connectivity index is 2.92. The molecule has 0 saturated heterocycles. The van der Waals surface area contributed by atoms with Crippen molar-refractivity contribution in [3.05, 3.63) is 47.5 Å². The Morgan fingerprint density at radius 3 is 2.38 bits per heavy atom. The summed E-state index contributed by atoms with van der Waals surface area (Å²) in [6.45, 7) is 4.09. The van der Waals surface area contributed by atoms with Gasteiger partial charge < -0.3 is 4.74 Å². The normalized spacial score (nSPS) is 14.2. The second kappa shape index (κ2) is 6.43. The molecule has 0 aromatic heterocycles. The van der Waals surface area contributed by atoms with E-state index in [-0.39, 0.29) is 12.1 Å². The van der Waals surface area contributed by atoms with E-state index >= 15 is 0 Å². The number of nitrogens with two attached hydrogens (primary N) is 1. The zero-order valence-electron chi connectivity index (χ0n) is 10.1. The first kappa shape index (κ1) is 12.9. The summed E-state index contributed by atoms with van der Waals surface area (Å²) in [4.78, 5) is 0. The van der Waals surface area contributed by atoms with Crippen LogP contribution in [0.5, 0.6) is 0 Å². The second-order valence-corrected chi connectivity index (χ2v) is 4.00. The van der Waals surface area contributed by atoms with Gasteiger partial charge in [0, 0.05) is 7.11 Å². The number of hydrogen-bond acceptors (Lipinski definition) is 3. The monoisotopic (exact) mass is 220 g/mol. The molecular weight excluding hydrogens is 200 g/mol. The van der Waals surface area contributed by atoms with Gasteiger partial charge in [-0.05, 0) is 19.4 Å². The second-order valence-electron chi connectivity index (χ2n) is 4.00. The van der Waals surface area contributed by atoms with Crippen molar-refractivity contribution in [3.63, 3.8) is 0 Å². The number of allylic oxidation sites excluding steroid dienone is 1. The van der Waals surface area contributed by atoms with Crippen LogP contribution in [0.2, 0.25) is 0 Å². The van der Waals surface area contributed by atoms with Crippen LogP contribution >= 0.6 is 0 Å². The van der Waals surface area contributed by atoms with Crippen LogP contribution in [0, 0.1) is 0 Å². The summed E-state index contributed by atoms with van der Waals surface area (Å²) >= 11 is 0. The topological polar surface area (TPSA) is 47.3 Å². The van der Waals surface area contributed by atoms with Crippen molar-refractivity contribution in [2.45, 2.75) is 26.0 Å². The Kier molecular flexibility index (Phi) is 5.19. The van der Waals surface area contributed by atoms with Crippen LogP contribution in [0.4, 0.5) is 0 Å². The van der Waals surface area contributed by atoms with Gasteiger partial charge in [-0.15, -0.1) is 0 Å². The smallest absolute Gasteiger partial charge is 0.102 e. The highest BCUT2D eigenvalue weighted by Crippen LogP contribution is 2.21. The average molecular weight is 220 g/mol. The average Bonchev–Trinajstić information content (AvgIpc) is 2.29. The molecule has 0 radical (unpaired) electrons. The molecule has 2 unspecified atom stereocenters. The number of hydrogen-bond donors (Lipinski definition) is 2. The van der Waals surface area contributed by atoms with Gasteiger partial charge in [0.05, 0.1) is 6.04 Å². The Labute approximate surface area is 97.3 Å². The summed E-state index contributed by atoms with van der Waals surface area (Å²) in [5, 5.41) is 0. The van der Waals surface area contributed by atoms with Crippen molar-refractivity contribution >= 4 is 0 Å². The molecule has 1 aromatic rings. The van der Waals surface area contributed by atoms with E-state index in [1.807, 2.05) is 44.2 Å². The fourth-order valence-corrected chi connectivity index (χ4v) is 1.71. The van der Waals surface area contributed by atoms with Gasteiger partial charge in [0.1, 0.15) is 6.10 Å². The third-order valence-corrected chi connectivity index (χ3v) is 2.41. The maximum atomic E-state index is 5.56. The van der Waals surface area contributed by atoms with E-state index in [0.29, 0.717) is 0 Å². The number of nitrogens with one attached hydrogen (secondary N) is 1. The Morgan fingerprint density at radius 2 is 1.94 bits per heavy atom. The van der Waals surface area contributed by atoms with Crippen molar-refractivity contribution in [2.24, 2.45) is 5.84 Å². The summed E-state index contributed by atoms with van der Waals surface area (Å²) in [6.07, 6.45) is 2.00. The first-order valence-electron chi connectivity index (χ1n) is 5.38. The summed E-state index contributed by atoms with van der Waals surface area (Å²) in [5.41, 5.74) is 5.11. The molecule has 88 valence electrons. The van der Waals surface area contributed by atoms with E-state index in [0.717, 1.165) is 5.56 Å². The standard InChI is InChI=1S/C13H20N2O/c1-10(2)9-12(15-14)13(16-3)11-7-5-4-6-8-11/h4-9,12-13,15H,14H2,1-3H3. The highest BCUT2D eigenvalue weighted by molar-refractivity contribution is 5.21. The minimum absolute atomic E-state index is 0.0163. The zero-order chi connectivity index (χ0) is 12.0. The van der Waals surface area contributed by atoms with Gasteiger partial charge in [-0.25, -0.2) is 0 Å². The summed E-state index contributed by atoms with van der Waals surface area (Å²) in [6, 6.07) is 10.0. The number of methoxy groups -OCH3 is 1. The summed E-state index contributed by atoms with van der Waals surface area (Å²) < 4.78 is 5.50. The van der Waals surface area contributed by atoms with Crippen molar-refractivity contribution < 1.29 is 4.74 Å². The molecule has 16 heavy (non-hydrogen) atoms. The Morgan fingerprint density at radius 1 is 1.31 bits per heavy atom. The van der Waals surface area contributed by atoms with E-state index in [9.17, 15) is 0 Å². The minimum Gasteiger partial charge on any atom is -0.375 e. The van der Waals surface area contributed by atoms with E-state index in [1.54, 1.807) is 7.11 Å². The van der Waals surface area contributed by atoms with Gasteiger partial charge in [-0.1, -0.05) is 42.0 Å². The van der Waals surface area contributed by atoms with E-state index in [4.69, 9.17) is 10.6 Å². The molecule has 3 nitrogen and oxygen atoms in total. The lowest BCUT2D eigenvalue weighted by Gasteiger charge is -2.23.